The predicted molar refractivity (Wildman–Crippen MR) is 82.6 cm³/mol. The van der Waals surface area contributed by atoms with Gasteiger partial charge in [-0.15, -0.1) is 0 Å². The highest BCUT2D eigenvalue weighted by molar-refractivity contribution is 8.13. The van der Waals surface area contributed by atoms with Crippen LogP contribution in [0.4, 0.5) is 4.79 Å². The molecule has 2 aromatic rings. The van der Waals surface area contributed by atoms with Crippen molar-refractivity contribution in [1.82, 2.24) is 5.01 Å². The minimum Gasteiger partial charge on any atom is -0.271 e. The van der Waals surface area contributed by atoms with Crippen LogP contribution in [0, 0.1) is 0 Å². The first kappa shape index (κ1) is 13.9. The average molecular weight is 298 g/mol. The van der Waals surface area contributed by atoms with Gasteiger partial charge in [0.25, 0.3) is 5.91 Å². The van der Waals surface area contributed by atoms with Gasteiger partial charge in [0.2, 0.25) is 0 Å². The van der Waals surface area contributed by atoms with Crippen molar-refractivity contribution in [3.8, 4) is 0 Å². The highest BCUT2D eigenvalue weighted by atomic mass is 32.2. The van der Waals surface area contributed by atoms with Gasteiger partial charge in [-0.1, -0.05) is 72.4 Å². The van der Waals surface area contributed by atoms with Crippen LogP contribution in [-0.4, -0.2) is 21.9 Å². The summed E-state index contributed by atoms with van der Waals surface area (Å²) < 4.78 is 0. The molecule has 3 rings (SSSR count). The van der Waals surface area contributed by atoms with Crippen LogP contribution in [0.25, 0.3) is 0 Å². The molecule has 21 heavy (non-hydrogen) atoms. The molecule has 0 bridgehead atoms. The van der Waals surface area contributed by atoms with Crippen LogP contribution in [0.3, 0.4) is 0 Å². The molecule has 2 aromatic carbocycles. The lowest BCUT2D eigenvalue weighted by Crippen LogP contribution is -2.57. The summed E-state index contributed by atoms with van der Waals surface area (Å²) in [7, 11) is 0. The van der Waals surface area contributed by atoms with Crippen molar-refractivity contribution in [3.63, 3.8) is 0 Å². The topological polar surface area (TPSA) is 63.4 Å². The lowest BCUT2D eigenvalue weighted by atomic mass is 9.75. The second-order valence-electron chi connectivity index (χ2n) is 4.87. The molecule has 1 heterocycles. The Balaban J connectivity index is 2.22. The van der Waals surface area contributed by atoms with E-state index in [0.29, 0.717) is 5.75 Å². The lowest BCUT2D eigenvalue weighted by Gasteiger charge is -2.38. The Morgan fingerprint density at radius 1 is 0.905 bits per heavy atom. The van der Waals surface area contributed by atoms with Crippen molar-refractivity contribution >= 4 is 22.9 Å². The molecular formula is C16H14N2O2S. The molecule has 5 heteroatoms. The average Bonchev–Trinajstić information content (AvgIpc) is 2.55. The molecule has 0 radical (unpaired) electrons. The predicted octanol–water partition coefficient (Wildman–Crippen LogP) is 2.54. The highest BCUT2D eigenvalue weighted by Crippen LogP contribution is 2.40. The molecule has 0 saturated carbocycles. The van der Waals surface area contributed by atoms with Crippen LogP contribution in [0.5, 0.6) is 0 Å². The summed E-state index contributed by atoms with van der Waals surface area (Å²) >= 11 is 1.07. The zero-order valence-electron chi connectivity index (χ0n) is 11.2. The largest absolute Gasteiger partial charge is 0.302 e. The van der Waals surface area contributed by atoms with Crippen LogP contribution in [0.1, 0.15) is 11.1 Å². The van der Waals surface area contributed by atoms with Gasteiger partial charge < -0.3 is 0 Å². The van der Waals surface area contributed by atoms with Crippen LogP contribution in [0.2, 0.25) is 0 Å². The molecule has 0 aromatic heterocycles. The third-order valence-corrected chi connectivity index (χ3v) is 4.75. The number of rotatable bonds is 2. The normalized spacial score (nSPS) is 17.9. The van der Waals surface area contributed by atoms with E-state index in [9.17, 15) is 9.59 Å². The molecule has 0 unspecified atom stereocenters. The molecule has 0 atom stereocenters. The number of nitrogens with zero attached hydrogens (tertiary/aromatic N) is 1. The van der Waals surface area contributed by atoms with Crippen LogP contribution >= 0.6 is 11.8 Å². The Morgan fingerprint density at radius 3 is 1.86 bits per heavy atom. The lowest BCUT2D eigenvalue weighted by molar-refractivity contribution is -0.132. The number of nitrogens with two attached hydrogens (primary N) is 1. The molecule has 0 aliphatic carbocycles. The Bertz CT molecular complexity index is 634. The minimum atomic E-state index is -0.921. The van der Waals surface area contributed by atoms with Crippen LogP contribution < -0.4 is 5.84 Å². The monoisotopic (exact) mass is 298 g/mol. The van der Waals surface area contributed by atoms with E-state index in [1.54, 1.807) is 0 Å². The summed E-state index contributed by atoms with van der Waals surface area (Å²) in [6, 6.07) is 18.9. The quantitative estimate of drug-likeness (QED) is 0.683. The van der Waals surface area contributed by atoms with Crippen LogP contribution in [0.15, 0.2) is 60.7 Å². The Labute approximate surface area is 126 Å². The first-order chi connectivity index (χ1) is 10.2. The molecule has 1 aliphatic heterocycles. The molecule has 2 N–H and O–H groups in total. The van der Waals surface area contributed by atoms with Crippen molar-refractivity contribution < 1.29 is 9.59 Å². The molecular weight excluding hydrogens is 284 g/mol. The van der Waals surface area contributed by atoms with Crippen molar-refractivity contribution in [2.24, 2.45) is 5.84 Å². The number of hydrogen-bond acceptors (Lipinski definition) is 4. The van der Waals surface area contributed by atoms with Crippen molar-refractivity contribution in [3.05, 3.63) is 71.8 Å². The standard InChI is InChI=1S/C16H14N2O2S/c17-18-14(19)16(11-21-15(18)20,12-7-3-1-4-8-12)13-9-5-2-6-10-13/h1-10H,11,17H2. The summed E-state index contributed by atoms with van der Waals surface area (Å²) in [5.74, 6) is 5.65. The second kappa shape index (κ2) is 5.35. The zero-order chi connectivity index (χ0) is 14.9. The number of carbonyl (C=O) groups is 2. The van der Waals surface area contributed by atoms with Gasteiger partial charge in [-0.3, -0.25) is 9.59 Å². The fraction of sp³-hybridized carbons (Fsp3) is 0.125. The van der Waals surface area contributed by atoms with E-state index in [1.807, 2.05) is 60.7 Å². The first-order valence-electron chi connectivity index (χ1n) is 6.53. The summed E-state index contributed by atoms with van der Waals surface area (Å²) in [5.41, 5.74) is 0.767. The van der Waals surface area contributed by atoms with Gasteiger partial charge in [0.05, 0.1) is 0 Å². The van der Waals surface area contributed by atoms with E-state index >= 15 is 0 Å². The maximum atomic E-state index is 12.8. The van der Waals surface area contributed by atoms with Gasteiger partial charge in [-0.2, -0.15) is 0 Å². The number of imide groups is 1. The number of benzene rings is 2. The number of hydrogen-bond donors (Lipinski definition) is 1. The summed E-state index contributed by atoms with van der Waals surface area (Å²) in [6.45, 7) is 0. The van der Waals surface area contributed by atoms with Crippen LogP contribution in [-0.2, 0) is 10.2 Å². The number of hydrazine groups is 1. The van der Waals surface area contributed by atoms with E-state index in [2.05, 4.69) is 0 Å². The molecule has 1 saturated heterocycles. The molecule has 4 nitrogen and oxygen atoms in total. The van der Waals surface area contributed by atoms with Gasteiger partial charge in [0.15, 0.2) is 0 Å². The maximum absolute atomic E-state index is 12.8. The Kier molecular flexibility index (Phi) is 3.53. The zero-order valence-corrected chi connectivity index (χ0v) is 12.0. The third kappa shape index (κ3) is 2.14. The van der Waals surface area contributed by atoms with Gasteiger partial charge in [0.1, 0.15) is 5.41 Å². The number of thioether (sulfide) groups is 1. The Morgan fingerprint density at radius 2 is 1.38 bits per heavy atom. The van der Waals surface area contributed by atoms with Gasteiger partial charge in [-0.05, 0) is 11.1 Å². The maximum Gasteiger partial charge on any atom is 0.302 e. The molecule has 2 amide bonds. The Hall–Kier alpha value is -2.11. The van der Waals surface area contributed by atoms with Crippen molar-refractivity contribution in [1.29, 1.82) is 0 Å². The highest BCUT2D eigenvalue weighted by Gasteiger charge is 2.49. The second-order valence-corrected chi connectivity index (χ2v) is 5.79. The number of carbonyl (C=O) groups excluding carboxylic acids is 2. The van der Waals surface area contributed by atoms with Gasteiger partial charge >= 0.3 is 5.24 Å². The summed E-state index contributed by atoms with van der Waals surface area (Å²) in [5, 5.41) is 0.316. The molecule has 106 valence electrons. The van der Waals surface area contributed by atoms with E-state index in [-0.39, 0.29) is 5.91 Å². The van der Waals surface area contributed by atoms with Gasteiger partial charge in [-0.25, -0.2) is 10.9 Å². The third-order valence-electron chi connectivity index (χ3n) is 3.73. The fourth-order valence-corrected chi connectivity index (χ4v) is 3.63. The smallest absolute Gasteiger partial charge is 0.271 e. The fourth-order valence-electron chi connectivity index (χ4n) is 2.62. The molecule has 1 aliphatic rings. The summed E-state index contributed by atoms with van der Waals surface area (Å²) in [6.07, 6.45) is 0. The van der Waals surface area contributed by atoms with Crippen molar-refractivity contribution in [2.45, 2.75) is 5.41 Å². The van der Waals surface area contributed by atoms with Crippen molar-refractivity contribution in [2.75, 3.05) is 5.75 Å². The SMILES string of the molecule is NN1C(=O)SCC(c2ccccc2)(c2ccccc2)C1=O. The van der Waals surface area contributed by atoms with E-state index < -0.39 is 10.7 Å². The molecule has 1 fully saturated rings. The molecule has 0 spiro atoms. The number of amides is 2. The minimum absolute atomic E-state index is 0.354. The van der Waals surface area contributed by atoms with E-state index in [0.717, 1.165) is 27.9 Å². The first-order valence-corrected chi connectivity index (χ1v) is 7.52. The van der Waals surface area contributed by atoms with E-state index in [1.165, 1.54) is 0 Å². The summed E-state index contributed by atoms with van der Waals surface area (Å²) in [4.78, 5) is 24.5. The van der Waals surface area contributed by atoms with Gasteiger partial charge in [0, 0.05) is 5.75 Å². The van der Waals surface area contributed by atoms with E-state index in [4.69, 9.17) is 5.84 Å².